The highest BCUT2D eigenvalue weighted by Gasteiger charge is 2.44. The van der Waals surface area contributed by atoms with Gasteiger partial charge in [0.05, 0.1) is 19.2 Å². The summed E-state index contributed by atoms with van der Waals surface area (Å²) < 4.78 is 10.0. The molecule has 0 aliphatic heterocycles. The molecule has 9 nitrogen and oxygen atoms in total. The van der Waals surface area contributed by atoms with Crippen molar-refractivity contribution in [3.63, 3.8) is 0 Å². The molecule has 10 heteroatoms. The number of nitrogens with one attached hydrogen (secondary N) is 1. The number of benzene rings is 1. The van der Waals surface area contributed by atoms with E-state index in [0.29, 0.717) is 16.5 Å². The first-order valence-corrected chi connectivity index (χ1v) is 9.02. The number of ether oxygens (including phenoxy) is 2. The van der Waals surface area contributed by atoms with Crippen LogP contribution in [0.15, 0.2) is 18.2 Å². The average Bonchev–Trinajstić information content (AvgIpc) is 2.86. The number of ketones is 1. The van der Waals surface area contributed by atoms with E-state index in [0.717, 1.165) is 0 Å². The lowest BCUT2D eigenvalue weighted by Crippen LogP contribution is -2.28. The van der Waals surface area contributed by atoms with Crippen molar-refractivity contribution in [1.82, 2.24) is 0 Å². The largest absolute Gasteiger partial charge is 0.495 e. The van der Waals surface area contributed by atoms with E-state index in [1.807, 2.05) is 0 Å². The number of hydrogen-bond donors (Lipinski definition) is 1. The number of carbonyl (C=O) groups excluding carboxylic acids is 3. The van der Waals surface area contributed by atoms with Gasteiger partial charge in [-0.3, -0.25) is 24.5 Å². The quantitative estimate of drug-likeness (QED) is 0.394. The molecule has 0 radical (unpaired) electrons. The van der Waals surface area contributed by atoms with Gasteiger partial charge in [0.15, 0.2) is 6.61 Å². The standard InChI is InChI=1S/C18H21ClN2O7/c1-10-5-15(22)12(13(10)8-21(25)26)7-18(24)28-9-17(23)20-14-6-11(19)3-4-16(14)27-2/h3-4,6,10,12-13H,5,7-9H2,1-2H3,(H,20,23)/t10-,12+,13-/m1/s1. The summed E-state index contributed by atoms with van der Waals surface area (Å²) in [6, 6.07) is 4.66. The van der Waals surface area contributed by atoms with Gasteiger partial charge in [0, 0.05) is 28.2 Å². The molecule has 1 amide bonds. The summed E-state index contributed by atoms with van der Waals surface area (Å²) in [4.78, 5) is 46.4. The van der Waals surface area contributed by atoms with Crippen molar-refractivity contribution in [2.75, 3.05) is 25.6 Å². The molecule has 1 fully saturated rings. The Morgan fingerprint density at radius 2 is 2.11 bits per heavy atom. The molecule has 1 N–H and O–H groups in total. The Bertz CT molecular complexity index is 783. The molecule has 1 aliphatic rings. The minimum atomic E-state index is -0.760. The van der Waals surface area contributed by atoms with Crippen molar-refractivity contribution in [1.29, 1.82) is 0 Å². The van der Waals surface area contributed by atoms with Crippen molar-refractivity contribution in [2.45, 2.75) is 19.8 Å². The monoisotopic (exact) mass is 412 g/mol. The Morgan fingerprint density at radius 3 is 2.75 bits per heavy atom. The minimum absolute atomic E-state index is 0.172. The molecular formula is C18H21ClN2O7. The van der Waals surface area contributed by atoms with Crippen LogP contribution in [-0.4, -0.2) is 42.8 Å². The third kappa shape index (κ3) is 5.66. The predicted molar refractivity (Wildman–Crippen MR) is 99.8 cm³/mol. The van der Waals surface area contributed by atoms with Crippen LogP contribution in [0.2, 0.25) is 5.02 Å². The molecule has 0 aromatic heterocycles. The number of methoxy groups -OCH3 is 1. The maximum absolute atomic E-state index is 12.1. The zero-order valence-electron chi connectivity index (χ0n) is 15.5. The number of anilines is 1. The molecule has 2 rings (SSSR count). The number of hydrogen-bond acceptors (Lipinski definition) is 7. The van der Waals surface area contributed by atoms with Crippen LogP contribution in [0.4, 0.5) is 5.69 Å². The zero-order chi connectivity index (χ0) is 20.8. The molecule has 1 saturated carbocycles. The molecule has 0 unspecified atom stereocenters. The number of rotatable bonds is 8. The first kappa shape index (κ1) is 21.6. The Morgan fingerprint density at radius 1 is 1.39 bits per heavy atom. The summed E-state index contributed by atoms with van der Waals surface area (Å²) in [5.74, 6) is -2.62. The van der Waals surface area contributed by atoms with Crippen LogP contribution >= 0.6 is 11.6 Å². The van der Waals surface area contributed by atoms with Gasteiger partial charge in [0.2, 0.25) is 6.54 Å². The van der Waals surface area contributed by atoms with Crippen LogP contribution in [0.25, 0.3) is 0 Å². The van der Waals surface area contributed by atoms with Gasteiger partial charge in [-0.15, -0.1) is 0 Å². The summed E-state index contributed by atoms with van der Waals surface area (Å²) >= 11 is 5.88. The van der Waals surface area contributed by atoms with Crippen molar-refractivity contribution in [3.8, 4) is 5.75 Å². The fraction of sp³-hybridized carbons (Fsp3) is 0.500. The molecule has 28 heavy (non-hydrogen) atoms. The normalized spacial score (nSPS) is 21.2. The maximum Gasteiger partial charge on any atom is 0.307 e. The topological polar surface area (TPSA) is 125 Å². The first-order valence-electron chi connectivity index (χ1n) is 8.64. The smallest absolute Gasteiger partial charge is 0.307 e. The average molecular weight is 413 g/mol. The van der Waals surface area contributed by atoms with Crippen LogP contribution in [0.3, 0.4) is 0 Å². The molecule has 0 spiro atoms. The number of Topliss-reactive ketones (excluding diaryl/α,β-unsaturated/α-hetero) is 1. The zero-order valence-corrected chi connectivity index (χ0v) is 16.2. The first-order chi connectivity index (χ1) is 13.2. The van der Waals surface area contributed by atoms with Crippen molar-refractivity contribution in [3.05, 3.63) is 33.3 Å². The van der Waals surface area contributed by atoms with Crippen molar-refractivity contribution in [2.24, 2.45) is 17.8 Å². The Labute approximate surface area is 166 Å². The van der Waals surface area contributed by atoms with Gasteiger partial charge >= 0.3 is 5.97 Å². The molecule has 1 aromatic rings. The molecule has 152 valence electrons. The van der Waals surface area contributed by atoms with E-state index < -0.39 is 35.2 Å². The summed E-state index contributed by atoms with van der Waals surface area (Å²) in [5.41, 5.74) is 0.321. The fourth-order valence-electron chi connectivity index (χ4n) is 3.35. The van der Waals surface area contributed by atoms with Gasteiger partial charge in [0.25, 0.3) is 5.91 Å². The summed E-state index contributed by atoms with van der Waals surface area (Å²) in [5, 5.41) is 13.7. The predicted octanol–water partition coefficient (Wildman–Crippen LogP) is 2.34. The van der Waals surface area contributed by atoms with E-state index >= 15 is 0 Å². The van der Waals surface area contributed by atoms with Gasteiger partial charge in [0.1, 0.15) is 11.5 Å². The molecule has 3 atom stereocenters. The molecule has 1 aliphatic carbocycles. The highest BCUT2D eigenvalue weighted by Crippen LogP contribution is 2.36. The highest BCUT2D eigenvalue weighted by atomic mass is 35.5. The van der Waals surface area contributed by atoms with Crippen molar-refractivity contribution < 1.29 is 28.8 Å². The Kier molecular flexibility index (Phi) is 7.33. The van der Waals surface area contributed by atoms with E-state index in [1.165, 1.54) is 13.2 Å². The van der Waals surface area contributed by atoms with E-state index in [1.54, 1.807) is 19.1 Å². The molecular weight excluding hydrogens is 392 g/mol. The van der Waals surface area contributed by atoms with Gasteiger partial charge < -0.3 is 14.8 Å². The molecule has 0 saturated heterocycles. The molecule has 0 bridgehead atoms. The number of carbonyl (C=O) groups is 3. The van der Waals surface area contributed by atoms with E-state index in [2.05, 4.69) is 5.32 Å². The van der Waals surface area contributed by atoms with E-state index in [4.69, 9.17) is 21.1 Å². The second-order valence-corrected chi connectivity index (χ2v) is 7.13. The maximum atomic E-state index is 12.1. The summed E-state index contributed by atoms with van der Waals surface area (Å²) in [6.45, 7) is 0.813. The fourth-order valence-corrected chi connectivity index (χ4v) is 3.52. The van der Waals surface area contributed by atoms with Crippen molar-refractivity contribution >= 4 is 34.9 Å². The summed E-state index contributed by atoms with van der Waals surface area (Å²) in [7, 11) is 1.43. The second kappa shape index (κ2) is 9.50. The van der Waals surface area contributed by atoms with Gasteiger partial charge in [-0.05, 0) is 24.1 Å². The number of amides is 1. The van der Waals surface area contributed by atoms with E-state index in [9.17, 15) is 24.5 Å². The highest BCUT2D eigenvalue weighted by molar-refractivity contribution is 6.31. The minimum Gasteiger partial charge on any atom is -0.495 e. The SMILES string of the molecule is COc1ccc(Cl)cc1NC(=O)COC(=O)C[C@@H]1C(=O)C[C@@H](C)[C@H]1C[N+](=O)[O-]. The van der Waals surface area contributed by atoms with Crippen LogP contribution < -0.4 is 10.1 Å². The number of nitrogens with zero attached hydrogens (tertiary/aromatic N) is 1. The van der Waals surface area contributed by atoms with Crippen LogP contribution in [0, 0.1) is 27.9 Å². The van der Waals surface area contributed by atoms with Crippen LogP contribution in [-0.2, 0) is 19.1 Å². The second-order valence-electron chi connectivity index (χ2n) is 6.69. The number of esters is 1. The van der Waals surface area contributed by atoms with Gasteiger partial charge in [-0.25, -0.2) is 0 Å². The van der Waals surface area contributed by atoms with Crippen LogP contribution in [0.1, 0.15) is 19.8 Å². The Hall–Kier alpha value is -2.68. The number of halogens is 1. The van der Waals surface area contributed by atoms with Gasteiger partial charge in [-0.1, -0.05) is 18.5 Å². The van der Waals surface area contributed by atoms with Gasteiger partial charge in [-0.2, -0.15) is 0 Å². The lowest BCUT2D eigenvalue weighted by atomic mass is 9.88. The Balaban J connectivity index is 1.89. The third-order valence-corrected chi connectivity index (χ3v) is 4.97. The lowest BCUT2D eigenvalue weighted by Gasteiger charge is -2.17. The van der Waals surface area contributed by atoms with Crippen LogP contribution in [0.5, 0.6) is 5.75 Å². The summed E-state index contributed by atoms with van der Waals surface area (Å²) in [6.07, 6.45) is -0.0824. The van der Waals surface area contributed by atoms with E-state index in [-0.39, 0.29) is 31.1 Å². The lowest BCUT2D eigenvalue weighted by molar-refractivity contribution is -0.490. The molecule has 0 heterocycles. The third-order valence-electron chi connectivity index (χ3n) is 4.73. The molecule has 1 aromatic carbocycles. The number of nitro groups is 1.